The van der Waals surface area contributed by atoms with Gasteiger partial charge in [-0.1, -0.05) is 32.0 Å². The van der Waals surface area contributed by atoms with Gasteiger partial charge in [-0.2, -0.15) is 4.98 Å². The monoisotopic (exact) mass is 599 g/mol. The third-order valence-corrected chi connectivity index (χ3v) is 8.56. The summed E-state index contributed by atoms with van der Waals surface area (Å²) in [6.45, 7) is 14.6. The lowest BCUT2D eigenvalue weighted by atomic mass is 10.0. The molecule has 9 nitrogen and oxygen atoms in total. The molecule has 5 rings (SSSR count). The number of carbonyl (C=O) groups excluding carboxylic acids is 1. The number of aryl methyl sites for hydroxylation is 1. The Balaban J connectivity index is 1.78. The first-order chi connectivity index (χ1) is 19.9. The first-order valence-electron chi connectivity index (χ1n) is 14.3. The molecule has 2 aliphatic heterocycles. The van der Waals surface area contributed by atoms with E-state index in [0.29, 0.717) is 55.1 Å². The molecule has 0 N–H and O–H groups in total. The maximum atomic E-state index is 14.0. The average Bonchev–Trinajstić information content (AvgIpc) is 3.44. The van der Waals surface area contributed by atoms with Gasteiger partial charge in [0.25, 0.3) is 6.43 Å². The van der Waals surface area contributed by atoms with Gasteiger partial charge in [0.1, 0.15) is 11.6 Å². The number of hydrogen-bond acceptors (Lipinski definition) is 7. The maximum Gasteiger partial charge on any atom is 0.355 e. The fourth-order valence-corrected chi connectivity index (χ4v) is 6.43. The van der Waals surface area contributed by atoms with Crippen LogP contribution in [-0.2, 0) is 4.79 Å². The molecule has 42 heavy (non-hydrogen) atoms. The second kappa shape index (κ2) is 11.6. The Morgan fingerprint density at radius 1 is 1.14 bits per heavy atom. The van der Waals surface area contributed by atoms with Gasteiger partial charge < -0.3 is 14.7 Å². The SMILES string of the molecule is C=CC(=O)N1C[C@H](C)N(c2nc(=O)n(-c3c(C)ccnc3C(C)C)c3nc(N4CCCC4C(F)F)c(Cl)cc23)C[C@H]1C. The summed E-state index contributed by atoms with van der Waals surface area (Å²) in [6, 6.07) is 2.10. The minimum absolute atomic E-state index is 0.0218. The second-order valence-electron chi connectivity index (χ2n) is 11.5. The largest absolute Gasteiger partial charge is 0.355 e. The van der Waals surface area contributed by atoms with Crippen LogP contribution in [0.2, 0.25) is 5.02 Å². The van der Waals surface area contributed by atoms with E-state index in [4.69, 9.17) is 16.6 Å². The maximum absolute atomic E-state index is 14.0. The molecule has 2 fully saturated rings. The zero-order valence-electron chi connectivity index (χ0n) is 24.5. The van der Waals surface area contributed by atoms with Gasteiger partial charge in [-0.15, -0.1) is 0 Å². The zero-order valence-corrected chi connectivity index (χ0v) is 25.3. The minimum Gasteiger partial charge on any atom is -0.349 e. The molecule has 12 heteroatoms. The summed E-state index contributed by atoms with van der Waals surface area (Å²) in [5.74, 6) is 0.417. The number of halogens is 3. The van der Waals surface area contributed by atoms with Crippen LogP contribution in [-0.4, -0.2) is 74.5 Å². The molecule has 0 aromatic carbocycles. The highest BCUT2D eigenvalue weighted by molar-refractivity contribution is 6.33. The predicted octanol–water partition coefficient (Wildman–Crippen LogP) is 5.11. The molecule has 0 bridgehead atoms. The van der Waals surface area contributed by atoms with Crippen LogP contribution in [0.5, 0.6) is 0 Å². The fourth-order valence-electron chi connectivity index (χ4n) is 6.17. The average molecular weight is 600 g/mol. The van der Waals surface area contributed by atoms with Crippen molar-refractivity contribution in [2.75, 3.05) is 29.4 Å². The number of fused-ring (bicyclic) bond motifs is 1. The van der Waals surface area contributed by atoms with Crippen molar-refractivity contribution in [3.63, 3.8) is 0 Å². The van der Waals surface area contributed by atoms with Crippen molar-refractivity contribution in [3.05, 3.63) is 57.7 Å². The lowest BCUT2D eigenvalue weighted by molar-refractivity contribution is -0.128. The summed E-state index contributed by atoms with van der Waals surface area (Å²) < 4.78 is 29.4. The molecular formula is C30H36ClF2N7O2. The number of anilines is 2. The Morgan fingerprint density at radius 2 is 1.88 bits per heavy atom. The molecule has 3 aromatic rings. The van der Waals surface area contributed by atoms with Crippen LogP contribution in [0.3, 0.4) is 0 Å². The van der Waals surface area contributed by atoms with Gasteiger partial charge in [0.05, 0.1) is 27.8 Å². The number of pyridine rings is 2. The Hall–Kier alpha value is -3.60. The minimum atomic E-state index is -2.57. The quantitative estimate of drug-likeness (QED) is 0.364. The van der Waals surface area contributed by atoms with E-state index in [1.54, 1.807) is 22.1 Å². The second-order valence-corrected chi connectivity index (χ2v) is 11.9. The van der Waals surface area contributed by atoms with Gasteiger partial charge in [0, 0.05) is 37.9 Å². The molecule has 0 saturated carbocycles. The number of piperazine rings is 1. The summed E-state index contributed by atoms with van der Waals surface area (Å²) in [5.41, 5.74) is 1.77. The van der Waals surface area contributed by atoms with Crippen molar-refractivity contribution in [3.8, 4) is 5.69 Å². The van der Waals surface area contributed by atoms with Crippen LogP contribution < -0.4 is 15.5 Å². The molecule has 1 unspecified atom stereocenters. The van der Waals surface area contributed by atoms with Crippen LogP contribution in [0.25, 0.3) is 16.7 Å². The number of alkyl halides is 2. The van der Waals surface area contributed by atoms with Crippen LogP contribution in [0.4, 0.5) is 20.4 Å². The van der Waals surface area contributed by atoms with E-state index in [1.807, 2.05) is 45.6 Å². The predicted molar refractivity (Wildman–Crippen MR) is 161 cm³/mol. The van der Waals surface area contributed by atoms with Gasteiger partial charge >= 0.3 is 5.69 Å². The summed E-state index contributed by atoms with van der Waals surface area (Å²) >= 11 is 6.80. The summed E-state index contributed by atoms with van der Waals surface area (Å²) in [5, 5.41) is 0.716. The smallest absolute Gasteiger partial charge is 0.349 e. The van der Waals surface area contributed by atoms with E-state index in [2.05, 4.69) is 16.5 Å². The molecule has 3 aromatic heterocycles. The molecule has 2 aliphatic rings. The topological polar surface area (TPSA) is 87.5 Å². The Kier molecular flexibility index (Phi) is 8.24. The number of amides is 1. The third-order valence-electron chi connectivity index (χ3n) is 8.29. The molecular weight excluding hydrogens is 564 g/mol. The van der Waals surface area contributed by atoms with Gasteiger partial charge in [-0.3, -0.25) is 9.78 Å². The Bertz CT molecular complexity index is 1590. The van der Waals surface area contributed by atoms with E-state index < -0.39 is 18.2 Å². The first kappa shape index (κ1) is 29.9. The van der Waals surface area contributed by atoms with Crippen LogP contribution in [0.1, 0.15) is 57.7 Å². The van der Waals surface area contributed by atoms with Gasteiger partial charge in [-0.25, -0.2) is 23.1 Å². The lowest BCUT2D eigenvalue weighted by Gasteiger charge is -2.44. The first-order valence-corrected chi connectivity index (χ1v) is 14.7. The molecule has 5 heterocycles. The summed E-state index contributed by atoms with van der Waals surface area (Å²) in [7, 11) is 0. The van der Waals surface area contributed by atoms with Crippen LogP contribution in [0.15, 0.2) is 35.8 Å². The van der Waals surface area contributed by atoms with Crippen molar-refractivity contribution in [2.24, 2.45) is 0 Å². The van der Waals surface area contributed by atoms with E-state index in [1.165, 1.54) is 10.6 Å². The number of aromatic nitrogens is 4. The molecule has 3 atom stereocenters. The Morgan fingerprint density at radius 3 is 2.55 bits per heavy atom. The van der Waals surface area contributed by atoms with Gasteiger partial charge in [-0.05, 0) is 63.3 Å². The third kappa shape index (κ3) is 5.12. The van der Waals surface area contributed by atoms with Gasteiger partial charge in [0.15, 0.2) is 5.65 Å². The highest BCUT2D eigenvalue weighted by Gasteiger charge is 2.36. The van der Waals surface area contributed by atoms with Crippen molar-refractivity contribution in [1.29, 1.82) is 0 Å². The molecule has 0 spiro atoms. The number of carbonyl (C=O) groups is 1. The van der Waals surface area contributed by atoms with Gasteiger partial charge in [0.2, 0.25) is 5.91 Å². The van der Waals surface area contributed by atoms with Crippen LogP contribution >= 0.6 is 11.6 Å². The highest BCUT2D eigenvalue weighted by Crippen LogP contribution is 2.38. The Labute approximate surface area is 248 Å². The summed E-state index contributed by atoms with van der Waals surface area (Å²) in [4.78, 5) is 45.8. The van der Waals surface area contributed by atoms with Crippen molar-refractivity contribution >= 4 is 40.2 Å². The number of hydrogen-bond donors (Lipinski definition) is 0. The zero-order chi connectivity index (χ0) is 30.5. The van der Waals surface area contributed by atoms with Crippen molar-refractivity contribution < 1.29 is 13.6 Å². The van der Waals surface area contributed by atoms with E-state index in [0.717, 1.165) is 5.56 Å². The van der Waals surface area contributed by atoms with E-state index in [-0.39, 0.29) is 40.4 Å². The number of rotatable bonds is 6. The van der Waals surface area contributed by atoms with E-state index in [9.17, 15) is 18.4 Å². The normalized spacial score (nSPS) is 21.2. The molecule has 224 valence electrons. The standard InChI is InChI=1S/C30H36ClF2N7O2/c1-7-23(41)38-14-19(6)39(15-18(38)5)27-20-13-21(31)29(37-12-8-9-22(37)26(32)33)35-28(20)40(30(42)36-27)25-17(4)10-11-34-24(25)16(2)3/h7,10-11,13,16,18-19,22,26H,1,8-9,12,14-15H2,2-6H3/t18-,19+,22?/m1/s1. The number of nitrogens with zero attached hydrogens (tertiary/aromatic N) is 7. The fraction of sp³-hybridized carbons (Fsp3) is 0.500. The molecule has 0 aliphatic carbocycles. The van der Waals surface area contributed by atoms with Crippen molar-refractivity contribution in [1.82, 2.24) is 24.4 Å². The molecule has 1 amide bonds. The summed E-state index contributed by atoms with van der Waals surface area (Å²) in [6.07, 6.45) is 1.34. The molecule has 0 radical (unpaired) electrons. The van der Waals surface area contributed by atoms with Crippen LogP contribution in [0, 0.1) is 6.92 Å². The van der Waals surface area contributed by atoms with E-state index >= 15 is 0 Å². The van der Waals surface area contributed by atoms with Crippen molar-refractivity contribution in [2.45, 2.75) is 77.9 Å². The lowest BCUT2D eigenvalue weighted by Crippen LogP contribution is -2.58. The molecule has 2 saturated heterocycles. The highest BCUT2D eigenvalue weighted by atomic mass is 35.5.